The first-order valence-corrected chi connectivity index (χ1v) is 15.2. The molecule has 0 heterocycles. The first kappa shape index (κ1) is 30.9. The monoisotopic (exact) mass is 586 g/mol. The lowest BCUT2D eigenvalue weighted by molar-refractivity contribution is -0.152. The molecule has 0 aliphatic heterocycles. The summed E-state index contributed by atoms with van der Waals surface area (Å²) in [4.78, 5) is 37.2. The molecule has 8 heteroatoms. The topological polar surface area (TPSA) is 110 Å². The van der Waals surface area contributed by atoms with Crippen LogP contribution < -0.4 is 0 Å². The fraction of sp³-hybridized carbons (Fsp3) is 0.235. The van der Waals surface area contributed by atoms with Crippen LogP contribution in [0.1, 0.15) is 47.6 Å². The van der Waals surface area contributed by atoms with Gasteiger partial charge in [0.05, 0.1) is 12.0 Å². The zero-order valence-corrected chi connectivity index (χ0v) is 24.2. The smallest absolute Gasteiger partial charge is 0.309 e. The van der Waals surface area contributed by atoms with Crippen LogP contribution in [0.2, 0.25) is 0 Å². The molecule has 0 radical (unpaired) electrons. The quantitative estimate of drug-likeness (QED) is 0.131. The van der Waals surface area contributed by atoms with E-state index in [1.54, 1.807) is 60.7 Å². The van der Waals surface area contributed by atoms with Crippen molar-refractivity contribution in [3.8, 4) is 0 Å². The molecule has 7 nitrogen and oxygen atoms in total. The summed E-state index contributed by atoms with van der Waals surface area (Å²) in [7, 11) is -3.53. The van der Waals surface area contributed by atoms with Crippen molar-refractivity contribution >= 4 is 20.0 Å². The number of aliphatic hydroxyl groups is 1. The standard InChI is InChI=1S/C34H35O7P/c35-31(40-24-26-13-5-1-6-14-26)22-21-29(33(37)41-25-27-15-7-2-8-16-27)23-34(42(38)39,30-19-11-4-12-20-30)32(36)28-17-9-3-10-18-28/h1-20,29,32,36,42H,21-25H2,(H,38,39). The molecule has 4 atom stereocenters. The van der Waals surface area contributed by atoms with E-state index < -0.39 is 37.1 Å². The number of aliphatic hydroxyl groups excluding tert-OH is 1. The minimum atomic E-state index is -3.53. The highest BCUT2D eigenvalue weighted by Gasteiger charge is 2.48. The van der Waals surface area contributed by atoms with E-state index in [0.29, 0.717) is 11.1 Å². The summed E-state index contributed by atoms with van der Waals surface area (Å²) < 4.78 is 24.4. The van der Waals surface area contributed by atoms with Crippen molar-refractivity contribution in [3.63, 3.8) is 0 Å². The molecule has 4 aromatic rings. The minimum absolute atomic E-state index is 0.00249. The Balaban J connectivity index is 1.62. The van der Waals surface area contributed by atoms with Gasteiger partial charge in [0, 0.05) is 6.42 Å². The van der Waals surface area contributed by atoms with Crippen molar-refractivity contribution in [2.45, 2.75) is 43.7 Å². The maximum absolute atomic E-state index is 13.6. The third kappa shape index (κ3) is 8.04. The van der Waals surface area contributed by atoms with Gasteiger partial charge >= 0.3 is 11.9 Å². The average Bonchev–Trinajstić information content (AvgIpc) is 3.04. The van der Waals surface area contributed by atoms with E-state index in [0.717, 1.165) is 11.1 Å². The lowest BCUT2D eigenvalue weighted by Gasteiger charge is -2.38. The Morgan fingerprint density at radius 2 is 1.19 bits per heavy atom. The molecular weight excluding hydrogens is 551 g/mol. The molecule has 0 fully saturated rings. The zero-order chi connectivity index (χ0) is 29.8. The fourth-order valence-electron chi connectivity index (χ4n) is 5.01. The number of hydrogen-bond acceptors (Lipinski definition) is 6. The molecule has 4 aromatic carbocycles. The first-order chi connectivity index (χ1) is 20.4. The lowest BCUT2D eigenvalue weighted by Crippen LogP contribution is -2.36. The summed E-state index contributed by atoms with van der Waals surface area (Å²) in [5, 5.41) is 9.98. The zero-order valence-electron chi connectivity index (χ0n) is 23.2. The van der Waals surface area contributed by atoms with Gasteiger partial charge < -0.3 is 19.5 Å². The molecule has 0 saturated heterocycles. The highest BCUT2D eigenvalue weighted by atomic mass is 31.1. The second kappa shape index (κ2) is 15.3. The van der Waals surface area contributed by atoms with E-state index in [1.807, 2.05) is 60.7 Å². The lowest BCUT2D eigenvalue weighted by atomic mass is 9.80. The highest BCUT2D eigenvalue weighted by molar-refractivity contribution is 7.39. The van der Waals surface area contributed by atoms with Gasteiger partial charge in [-0.15, -0.1) is 0 Å². The van der Waals surface area contributed by atoms with Gasteiger partial charge in [0.15, 0.2) is 0 Å². The van der Waals surface area contributed by atoms with Gasteiger partial charge in [-0.25, -0.2) is 0 Å². The van der Waals surface area contributed by atoms with Crippen LogP contribution in [0.3, 0.4) is 0 Å². The number of carbonyl (C=O) groups is 2. The SMILES string of the molecule is O=C(CCC(CC(c1ccccc1)(C(O)c1ccccc1)[PH](=O)O)C(=O)OCc1ccccc1)OCc1ccccc1. The van der Waals surface area contributed by atoms with E-state index in [-0.39, 0.29) is 32.5 Å². The third-order valence-corrected chi connectivity index (χ3v) is 8.85. The van der Waals surface area contributed by atoms with E-state index in [1.165, 1.54) is 0 Å². The van der Waals surface area contributed by atoms with Crippen molar-refractivity contribution in [2.75, 3.05) is 0 Å². The van der Waals surface area contributed by atoms with Gasteiger partial charge in [0.2, 0.25) is 8.03 Å². The maximum atomic E-state index is 13.6. The van der Waals surface area contributed by atoms with E-state index in [2.05, 4.69) is 0 Å². The minimum Gasteiger partial charge on any atom is -0.461 e. The van der Waals surface area contributed by atoms with Crippen molar-refractivity contribution in [1.82, 2.24) is 0 Å². The van der Waals surface area contributed by atoms with Gasteiger partial charge in [-0.1, -0.05) is 121 Å². The van der Waals surface area contributed by atoms with Gasteiger partial charge in [-0.05, 0) is 35.1 Å². The normalized spacial score (nSPS) is 14.6. The number of ether oxygens (including phenoxy) is 2. The van der Waals surface area contributed by atoms with E-state index in [4.69, 9.17) is 9.47 Å². The van der Waals surface area contributed by atoms with Crippen LogP contribution in [0.5, 0.6) is 0 Å². The van der Waals surface area contributed by atoms with Crippen molar-refractivity contribution in [2.24, 2.45) is 5.92 Å². The third-order valence-electron chi connectivity index (χ3n) is 7.32. The Bertz CT molecular complexity index is 1430. The summed E-state index contributed by atoms with van der Waals surface area (Å²) >= 11 is 0. The molecule has 0 aliphatic carbocycles. The molecular formula is C34H35O7P. The van der Waals surface area contributed by atoms with Crippen LogP contribution in [0.15, 0.2) is 121 Å². The van der Waals surface area contributed by atoms with Crippen molar-refractivity contribution in [3.05, 3.63) is 144 Å². The summed E-state index contributed by atoms with van der Waals surface area (Å²) in [5.74, 6) is -2.12. The Hall–Kier alpha value is -4.03. The number of benzene rings is 4. The largest absolute Gasteiger partial charge is 0.461 e. The second-order valence-electron chi connectivity index (χ2n) is 10.1. The Kier molecular flexibility index (Phi) is 11.2. The summed E-state index contributed by atoms with van der Waals surface area (Å²) in [6.45, 7) is 0.0936. The van der Waals surface area contributed by atoms with E-state index in [9.17, 15) is 24.2 Å². The van der Waals surface area contributed by atoms with Gasteiger partial charge in [-0.2, -0.15) is 0 Å². The van der Waals surface area contributed by atoms with Crippen LogP contribution in [-0.2, 0) is 42.0 Å². The number of esters is 2. The molecule has 2 N–H and O–H groups in total. The Morgan fingerprint density at radius 3 is 1.71 bits per heavy atom. The van der Waals surface area contributed by atoms with Crippen LogP contribution in [0.25, 0.3) is 0 Å². The first-order valence-electron chi connectivity index (χ1n) is 13.8. The molecule has 0 aliphatic rings. The van der Waals surface area contributed by atoms with Crippen LogP contribution in [0, 0.1) is 5.92 Å². The predicted octanol–water partition coefficient (Wildman–Crippen LogP) is 6.36. The van der Waals surface area contributed by atoms with Crippen LogP contribution in [0.4, 0.5) is 0 Å². The number of carbonyl (C=O) groups excluding carboxylic acids is 2. The highest BCUT2D eigenvalue weighted by Crippen LogP contribution is 2.57. The Labute approximate surface area is 246 Å². The fourth-order valence-corrected chi connectivity index (χ4v) is 6.25. The van der Waals surface area contributed by atoms with Gasteiger partial charge in [0.25, 0.3) is 0 Å². The average molecular weight is 587 g/mol. The number of hydrogen-bond donors (Lipinski definition) is 2. The van der Waals surface area contributed by atoms with Crippen molar-refractivity contribution in [1.29, 1.82) is 0 Å². The molecule has 4 unspecified atom stereocenters. The molecule has 4 rings (SSSR count). The van der Waals surface area contributed by atoms with E-state index >= 15 is 0 Å². The van der Waals surface area contributed by atoms with Gasteiger partial charge in [0.1, 0.15) is 18.4 Å². The second-order valence-corrected chi connectivity index (χ2v) is 11.6. The molecule has 0 aromatic heterocycles. The summed E-state index contributed by atoms with van der Waals surface area (Å²) in [5.41, 5.74) is 2.46. The molecule has 0 saturated carbocycles. The summed E-state index contributed by atoms with van der Waals surface area (Å²) in [6, 6.07) is 35.6. The molecule has 0 spiro atoms. The predicted molar refractivity (Wildman–Crippen MR) is 161 cm³/mol. The number of rotatable bonds is 14. The molecule has 0 bridgehead atoms. The molecule has 218 valence electrons. The molecule has 42 heavy (non-hydrogen) atoms. The van der Waals surface area contributed by atoms with Gasteiger partial charge in [-0.3, -0.25) is 14.2 Å². The maximum Gasteiger partial charge on any atom is 0.309 e. The van der Waals surface area contributed by atoms with Crippen molar-refractivity contribution < 1.29 is 33.6 Å². The van der Waals surface area contributed by atoms with Crippen LogP contribution >= 0.6 is 8.03 Å². The Morgan fingerprint density at radius 1 is 0.714 bits per heavy atom. The van der Waals surface area contributed by atoms with Crippen LogP contribution in [-0.4, -0.2) is 21.9 Å². The summed E-state index contributed by atoms with van der Waals surface area (Å²) in [6.07, 6.45) is -1.74. The molecule has 0 amide bonds.